The molecule has 0 unspecified atom stereocenters. The number of rotatable bonds is 2. The van der Waals surface area contributed by atoms with Crippen LogP contribution in [0.2, 0.25) is 0 Å². The van der Waals surface area contributed by atoms with Crippen LogP contribution in [0.25, 0.3) is 0 Å². The fourth-order valence-electron chi connectivity index (χ4n) is 0.781. The van der Waals surface area contributed by atoms with Crippen LogP contribution in [0.4, 0.5) is 5.69 Å². The van der Waals surface area contributed by atoms with E-state index in [0.29, 0.717) is 0 Å². The van der Waals surface area contributed by atoms with Crippen molar-refractivity contribution in [3.8, 4) is 0 Å². The highest BCUT2D eigenvalue weighted by atomic mass is 28.3. The zero-order valence-electron chi connectivity index (χ0n) is 6.00. The fourth-order valence-corrected chi connectivity index (χ4v) is 2.54. The van der Waals surface area contributed by atoms with E-state index in [9.17, 15) is 0 Å². The predicted molar refractivity (Wildman–Crippen MR) is 50.1 cm³/mol. The molecule has 0 radical (unpaired) electrons. The first-order valence-corrected chi connectivity index (χ1v) is 5.26. The van der Waals surface area contributed by atoms with Crippen LogP contribution in [-0.2, 0) is 4.12 Å². The Hall–Kier alpha value is -0.586. The van der Waals surface area contributed by atoms with Crippen LogP contribution in [0.3, 0.4) is 0 Å². The van der Waals surface area contributed by atoms with Gasteiger partial charge in [0.15, 0.2) is 9.76 Å². The van der Waals surface area contributed by atoms with Gasteiger partial charge in [-0.05, 0) is 17.3 Å². The van der Waals surface area contributed by atoms with Crippen LogP contribution < -0.4 is 10.9 Å². The lowest BCUT2D eigenvalue weighted by Gasteiger charge is -1.97. The van der Waals surface area contributed by atoms with E-state index in [0.717, 1.165) is 16.2 Å². The Labute approximate surface area is 65.9 Å². The summed E-state index contributed by atoms with van der Waals surface area (Å²) in [6.07, 6.45) is 0. The number of anilines is 1. The van der Waals surface area contributed by atoms with Crippen molar-refractivity contribution in [1.29, 1.82) is 0 Å². The molecule has 4 heteroatoms. The van der Waals surface area contributed by atoms with Crippen LogP contribution in [0.15, 0.2) is 24.3 Å². The molecule has 0 aliphatic carbocycles. The van der Waals surface area contributed by atoms with E-state index < -0.39 is 9.76 Å². The Morgan fingerprint density at radius 2 is 1.90 bits per heavy atom. The van der Waals surface area contributed by atoms with E-state index in [-0.39, 0.29) is 0 Å². The van der Waals surface area contributed by atoms with Crippen LogP contribution in [0.5, 0.6) is 0 Å². The van der Waals surface area contributed by atoms with E-state index in [1.807, 2.05) is 24.3 Å². The molecule has 1 aromatic carbocycles. The van der Waals surface area contributed by atoms with Gasteiger partial charge in [-0.3, -0.25) is 0 Å². The summed E-state index contributed by atoms with van der Waals surface area (Å²) >= 11 is 0. The molecule has 0 saturated carbocycles. The first-order valence-electron chi connectivity index (χ1n) is 3.16. The summed E-state index contributed by atoms with van der Waals surface area (Å²) in [7, 11) is 0.442. The lowest BCUT2D eigenvalue weighted by atomic mass is 10.3. The van der Waals surface area contributed by atoms with E-state index >= 15 is 0 Å². The van der Waals surface area contributed by atoms with E-state index in [4.69, 9.17) is 9.85 Å². The Bertz CT molecular complexity index is 199. The lowest BCUT2D eigenvalue weighted by Crippen LogP contribution is -2.15. The largest absolute Gasteiger partial charge is 0.465 e. The van der Waals surface area contributed by atoms with E-state index in [2.05, 4.69) is 0 Å². The molecule has 2 N–H and O–H groups in total. The monoisotopic (exact) mass is 169 g/mol. The van der Waals surface area contributed by atoms with Gasteiger partial charge in [0, 0.05) is 5.69 Å². The van der Waals surface area contributed by atoms with Gasteiger partial charge in [-0.2, -0.15) is 0 Å². The molecule has 10 heavy (non-hydrogen) atoms. The molecule has 0 bridgehead atoms. The summed E-state index contributed by atoms with van der Waals surface area (Å²) in [5.41, 5.74) is 6.33. The van der Waals surface area contributed by atoms with Gasteiger partial charge in [0.05, 0.1) is 0 Å². The standard InChI is InChI=1S/C6H11NOSi2/c7-5-1-3-6(4-2-5)10-8-9/h1-4H,7,10H2,9H3. The number of nitrogens with two attached hydrogens (primary N) is 1. The highest BCUT2D eigenvalue weighted by molar-refractivity contribution is 6.50. The van der Waals surface area contributed by atoms with Gasteiger partial charge in [0.2, 0.25) is 0 Å². The number of nitrogen functional groups attached to an aromatic ring is 1. The summed E-state index contributed by atoms with van der Waals surface area (Å²) < 4.78 is 5.20. The number of hydrogen-bond donors (Lipinski definition) is 1. The molecule has 2 nitrogen and oxygen atoms in total. The minimum absolute atomic E-state index is 0.411. The molecule has 0 spiro atoms. The maximum atomic E-state index is 5.51. The van der Waals surface area contributed by atoms with Crippen LogP contribution in [-0.4, -0.2) is 20.2 Å². The molecule has 0 heterocycles. The smallest absolute Gasteiger partial charge is 0.178 e. The Morgan fingerprint density at radius 1 is 1.30 bits per heavy atom. The third-order valence-corrected chi connectivity index (χ3v) is 3.25. The number of benzene rings is 1. The zero-order valence-corrected chi connectivity index (χ0v) is 9.42. The summed E-state index contributed by atoms with van der Waals surface area (Å²) in [5.74, 6) is 0. The Morgan fingerprint density at radius 3 is 2.40 bits per heavy atom. The lowest BCUT2D eigenvalue weighted by molar-refractivity contribution is 0.676. The van der Waals surface area contributed by atoms with Crippen molar-refractivity contribution in [2.24, 2.45) is 0 Å². The molecule has 0 aliphatic rings. The average Bonchev–Trinajstić information content (AvgIpc) is 1.95. The van der Waals surface area contributed by atoms with Crippen molar-refractivity contribution in [3.05, 3.63) is 24.3 Å². The maximum absolute atomic E-state index is 5.51. The molecule has 1 rings (SSSR count). The minimum atomic E-state index is -0.411. The summed E-state index contributed by atoms with van der Waals surface area (Å²) in [4.78, 5) is 0. The quantitative estimate of drug-likeness (QED) is 0.422. The predicted octanol–water partition coefficient (Wildman–Crippen LogP) is -1.73. The second-order valence-corrected chi connectivity index (χ2v) is 5.59. The molecule has 54 valence electrons. The third kappa shape index (κ3) is 1.98. The van der Waals surface area contributed by atoms with E-state index in [1.165, 1.54) is 5.19 Å². The van der Waals surface area contributed by atoms with Crippen molar-refractivity contribution in [2.75, 3.05) is 5.73 Å². The van der Waals surface area contributed by atoms with Crippen molar-refractivity contribution < 1.29 is 4.12 Å². The van der Waals surface area contributed by atoms with Crippen LogP contribution in [0, 0.1) is 0 Å². The van der Waals surface area contributed by atoms with Crippen molar-refractivity contribution in [3.63, 3.8) is 0 Å². The molecule has 0 aliphatic heterocycles. The average molecular weight is 169 g/mol. The molecule has 0 aromatic heterocycles. The maximum Gasteiger partial charge on any atom is 0.178 e. The Kier molecular flexibility index (Phi) is 2.67. The minimum Gasteiger partial charge on any atom is -0.465 e. The molecule has 0 saturated heterocycles. The normalized spacial score (nSPS) is 11.2. The van der Waals surface area contributed by atoms with Crippen molar-refractivity contribution in [1.82, 2.24) is 0 Å². The molecular formula is C6H11NOSi2. The Balaban J connectivity index is 2.69. The fraction of sp³-hybridized carbons (Fsp3) is 0. The topological polar surface area (TPSA) is 35.2 Å². The van der Waals surface area contributed by atoms with Gasteiger partial charge in [-0.1, -0.05) is 12.1 Å². The van der Waals surface area contributed by atoms with Gasteiger partial charge in [0.25, 0.3) is 0 Å². The molecule has 0 amide bonds. The molecule has 0 fully saturated rings. The van der Waals surface area contributed by atoms with Gasteiger partial charge < -0.3 is 9.85 Å². The van der Waals surface area contributed by atoms with Crippen LogP contribution in [0.1, 0.15) is 0 Å². The van der Waals surface area contributed by atoms with Gasteiger partial charge >= 0.3 is 0 Å². The van der Waals surface area contributed by atoms with Crippen LogP contribution >= 0.6 is 0 Å². The highest BCUT2D eigenvalue weighted by Crippen LogP contribution is 1.95. The first kappa shape index (κ1) is 7.52. The molecular weight excluding hydrogens is 158 g/mol. The second kappa shape index (κ2) is 3.55. The second-order valence-electron chi connectivity index (χ2n) is 2.17. The SMILES string of the molecule is Nc1ccc([SiH2]O[SiH3])cc1. The van der Waals surface area contributed by atoms with Gasteiger partial charge in [-0.25, -0.2) is 0 Å². The van der Waals surface area contributed by atoms with Crippen molar-refractivity contribution in [2.45, 2.75) is 0 Å². The number of hydrogen-bond acceptors (Lipinski definition) is 2. The summed E-state index contributed by atoms with van der Waals surface area (Å²) in [6, 6.07) is 7.92. The molecule has 1 aromatic rings. The third-order valence-electron chi connectivity index (χ3n) is 1.29. The first-order chi connectivity index (χ1) is 4.83. The zero-order chi connectivity index (χ0) is 7.40. The van der Waals surface area contributed by atoms with Gasteiger partial charge in [-0.15, -0.1) is 0 Å². The summed E-state index contributed by atoms with van der Waals surface area (Å²) in [5, 5.41) is 1.32. The van der Waals surface area contributed by atoms with E-state index in [1.54, 1.807) is 0 Å². The van der Waals surface area contributed by atoms with Gasteiger partial charge in [0.1, 0.15) is 10.5 Å². The molecule has 0 atom stereocenters. The summed E-state index contributed by atoms with van der Waals surface area (Å²) in [6.45, 7) is 0. The van der Waals surface area contributed by atoms with Crippen molar-refractivity contribution >= 4 is 31.1 Å². The highest BCUT2D eigenvalue weighted by Gasteiger charge is 1.89.